The zero-order chi connectivity index (χ0) is 10.7. The summed E-state index contributed by atoms with van der Waals surface area (Å²) in [7, 11) is 0. The molecular weight excluding hydrogens is 182 g/mol. The van der Waals surface area contributed by atoms with E-state index in [0.29, 0.717) is 11.1 Å². The number of nitro groups is 1. The van der Waals surface area contributed by atoms with E-state index in [2.05, 4.69) is 6.58 Å². The van der Waals surface area contributed by atoms with E-state index in [-0.39, 0.29) is 5.69 Å². The third kappa shape index (κ3) is 2.17. The monoisotopic (exact) mass is 193 g/mol. The van der Waals surface area contributed by atoms with Crippen LogP contribution in [-0.4, -0.2) is 10.0 Å². The van der Waals surface area contributed by atoms with E-state index in [1.165, 1.54) is 24.3 Å². The molecule has 0 aliphatic heterocycles. The van der Waals surface area contributed by atoms with Crippen LogP contribution in [-0.2, 0) is 0 Å². The summed E-state index contributed by atoms with van der Waals surface area (Å²) in [6, 6.07) is 5.78. The third-order valence-electron chi connectivity index (χ3n) is 1.89. The van der Waals surface area contributed by atoms with Gasteiger partial charge in [-0.05, 0) is 30.2 Å². The number of rotatable bonds is 3. The maximum Gasteiger partial charge on any atom is 0.269 e. The van der Waals surface area contributed by atoms with Crippen molar-refractivity contribution in [2.45, 2.75) is 13.0 Å². The number of hydrogen-bond donors (Lipinski definition) is 1. The molecule has 0 radical (unpaired) electrons. The fraction of sp³-hybridized carbons (Fsp3) is 0.200. The molecule has 14 heavy (non-hydrogen) atoms. The maximum atomic E-state index is 10.3. The van der Waals surface area contributed by atoms with Crippen molar-refractivity contribution in [3.8, 4) is 0 Å². The summed E-state index contributed by atoms with van der Waals surface area (Å²) in [5, 5.41) is 19.9. The second-order valence-corrected chi connectivity index (χ2v) is 3.10. The first-order valence-electron chi connectivity index (χ1n) is 4.10. The fourth-order valence-corrected chi connectivity index (χ4v) is 1.06. The molecule has 0 saturated heterocycles. The molecule has 0 aliphatic rings. The van der Waals surface area contributed by atoms with Crippen LogP contribution in [0.15, 0.2) is 36.4 Å². The van der Waals surface area contributed by atoms with E-state index in [4.69, 9.17) is 0 Å². The molecule has 1 unspecified atom stereocenters. The average molecular weight is 193 g/mol. The number of nitrogens with zero attached hydrogens (tertiary/aromatic N) is 1. The Morgan fingerprint density at radius 1 is 1.50 bits per heavy atom. The van der Waals surface area contributed by atoms with Gasteiger partial charge in [-0.25, -0.2) is 0 Å². The summed E-state index contributed by atoms with van der Waals surface area (Å²) in [4.78, 5) is 9.87. The Hall–Kier alpha value is -1.68. The van der Waals surface area contributed by atoms with Crippen LogP contribution in [0.4, 0.5) is 5.69 Å². The molecule has 0 saturated carbocycles. The normalized spacial score (nSPS) is 12.1. The van der Waals surface area contributed by atoms with Crippen molar-refractivity contribution in [3.05, 3.63) is 52.1 Å². The highest BCUT2D eigenvalue weighted by Crippen LogP contribution is 2.21. The smallest absolute Gasteiger partial charge is 0.269 e. The summed E-state index contributed by atoms with van der Waals surface area (Å²) in [5.74, 6) is 0. The number of aliphatic hydroxyl groups excluding tert-OH is 1. The Morgan fingerprint density at radius 2 is 2.00 bits per heavy atom. The minimum Gasteiger partial charge on any atom is -0.384 e. The molecule has 74 valence electrons. The molecule has 1 aromatic carbocycles. The average Bonchev–Trinajstić information content (AvgIpc) is 2.16. The zero-order valence-corrected chi connectivity index (χ0v) is 7.80. The third-order valence-corrected chi connectivity index (χ3v) is 1.89. The number of hydrogen-bond acceptors (Lipinski definition) is 3. The maximum absolute atomic E-state index is 10.3. The standard InChI is InChI=1S/C10H11NO3/c1-7(2)10(12)8-3-5-9(6-4-8)11(13)14/h3-6,10,12H,1H2,2H3. The molecule has 0 bridgehead atoms. The number of nitro benzene ring substituents is 1. The Bertz CT molecular complexity index is 356. The summed E-state index contributed by atoms with van der Waals surface area (Å²) in [5.41, 5.74) is 1.24. The first kappa shape index (κ1) is 10.4. The van der Waals surface area contributed by atoms with Gasteiger partial charge < -0.3 is 5.11 Å². The van der Waals surface area contributed by atoms with Crippen molar-refractivity contribution in [3.63, 3.8) is 0 Å². The molecule has 1 atom stereocenters. The predicted molar refractivity (Wildman–Crippen MR) is 52.9 cm³/mol. The van der Waals surface area contributed by atoms with Crippen molar-refractivity contribution >= 4 is 5.69 Å². The van der Waals surface area contributed by atoms with Crippen LogP contribution in [0, 0.1) is 10.1 Å². The summed E-state index contributed by atoms with van der Waals surface area (Å²) < 4.78 is 0. The molecule has 1 aromatic rings. The van der Waals surface area contributed by atoms with E-state index in [1.807, 2.05) is 0 Å². The molecule has 0 amide bonds. The molecule has 4 nitrogen and oxygen atoms in total. The lowest BCUT2D eigenvalue weighted by atomic mass is 10.0. The van der Waals surface area contributed by atoms with Crippen molar-refractivity contribution in [2.24, 2.45) is 0 Å². The number of benzene rings is 1. The van der Waals surface area contributed by atoms with Gasteiger partial charge in [0.15, 0.2) is 0 Å². The van der Waals surface area contributed by atoms with Crippen molar-refractivity contribution in [2.75, 3.05) is 0 Å². The largest absolute Gasteiger partial charge is 0.384 e. The summed E-state index contributed by atoms with van der Waals surface area (Å²) in [6.07, 6.45) is -0.754. The van der Waals surface area contributed by atoms with E-state index in [9.17, 15) is 15.2 Å². The van der Waals surface area contributed by atoms with Gasteiger partial charge in [-0.2, -0.15) is 0 Å². The van der Waals surface area contributed by atoms with Crippen molar-refractivity contribution in [1.29, 1.82) is 0 Å². The quantitative estimate of drug-likeness (QED) is 0.454. The highest BCUT2D eigenvalue weighted by atomic mass is 16.6. The first-order chi connectivity index (χ1) is 6.52. The molecule has 0 heterocycles. The SMILES string of the molecule is C=C(C)C(O)c1ccc([N+](=O)[O-])cc1. The molecule has 0 spiro atoms. The Kier molecular flexibility index (Phi) is 2.99. The number of aliphatic hydroxyl groups is 1. The van der Waals surface area contributed by atoms with Gasteiger partial charge in [-0.3, -0.25) is 10.1 Å². The van der Waals surface area contributed by atoms with Gasteiger partial charge >= 0.3 is 0 Å². The Labute approximate surface area is 81.6 Å². The van der Waals surface area contributed by atoms with Crippen LogP contribution in [0.25, 0.3) is 0 Å². The molecule has 0 fully saturated rings. The van der Waals surface area contributed by atoms with Crippen LogP contribution < -0.4 is 0 Å². The van der Waals surface area contributed by atoms with Crippen molar-refractivity contribution < 1.29 is 10.0 Å². The van der Waals surface area contributed by atoms with Gasteiger partial charge in [-0.15, -0.1) is 0 Å². The predicted octanol–water partition coefficient (Wildman–Crippen LogP) is 2.20. The van der Waals surface area contributed by atoms with Crippen LogP contribution >= 0.6 is 0 Å². The molecule has 1 N–H and O–H groups in total. The minimum absolute atomic E-state index is 0.0164. The number of non-ortho nitro benzene ring substituents is 1. The van der Waals surface area contributed by atoms with E-state index < -0.39 is 11.0 Å². The van der Waals surface area contributed by atoms with Gasteiger partial charge in [0, 0.05) is 12.1 Å². The lowest BCUT2D eigenvalue weighted by molar-refractivity contribution is -0.384. The van der Waals surface area contributed by atoms with E-state index in [1.54, 1.807) is 6.92 Å². The topological polar surface area (TPSA) is 63.4 Å². The minimum atomic E-state index is -0.754. The summed E-state index contributed by atoms with van der Waals surface area (Å²) >= 11 is 0. The summed E-state index contributed by atoms with van der Waals surface area (Å²) in [6.45, 7) is 5.31. The van der Waals surface area contributed by atoms with Crippen LogP contribution in [0.2, 0.25) is 0 Å². The highest BCUT2D eigenvalue weighted by Gasteiger charge is 2.10. The van der Waals surface area contributed by atoms with Gasteiger partial charge in [0.25, 0.3) is 5.69 Å². The van der Waals surface area contributed by atoms with E-state index >= 15 is 0 Å². The molecule has 1 rings (SSSR count). The Morgan fingerprint density at radius 3 is 2.36 bits per heavy atom. The molecular formula is C10H11NO3. The van der Waals surface area contributed by atoms with Crippen LogP contribution in [0.5, 0.6) is 0 Å². The zero-order valence-electron chi connectivity index (χ0n) is 7.80. The lowest BCUT2D eigenvalue weighted by Gasteiger charge is -2.09. The molecule has 0 aliphatic carbocycles. The van der Waals surface area contributed by atoms with Gasteiger partial charge in [0.1, 0.15) is 0 Å². The van der Waals surface area contributed by atoms with Crippen molar-refractivity contribution in [1.82, 2.24) is 0 Å². The second kappa shape index (κ2) is 4.02. The fourth-order valence-electron chi connectivity index (χ4n) is 1.06. The van der Waals surface area contributed by atoms with Crippen LogP contribution in [0.3, 0.4) is 0 Å². The lowest BCUT2D eigenvalue weighted by Crippen LogP contribution is -1.98. The van der Waals surface area contributed by atoms with Crippen LogP contribution in [0.1, 0.15) is 18.6 Å². The van der Waals surface area contributed by atoms with Gasteiger partial charge in [-0.1, -0.05) is 6.58 Å². The van der Waals surface area contributed by atoms with E-state index in [0.717, 1.165) is 0 Å². The second-order valence-electron chi connectivity index (χ2n) is 3.10. The highest BCUT2D eigenvalue weighted by molar-refractivity contribution is 5.35. The van der Waals surface area contributed by atoms with Gasteiger partial charge in [0.2, 0.25) is 0 Å². The molecule has 4 heteroatoms. The Balaban J connectivity index is 2.94. The first-order valence-corrected chi connectivity index (χ1v) is 4.10. The molecule has 0 aromatic heterocycles. The van der Waals surface area contributed by atoms with Gasteiger partial charge in [0.05, 0.1) is 11.0 Å².